The number of nitrogen functional groups attached to an aromatic ring is 1. The molecule has 0 aliphatic heterocycles. The van der Waals surface area contributed by atoms with Crippen molar-refractivity contribution in [3.05, 3.63) is 17.8 Å². The number of carbonyl (C=O) groups is 1. The van der Waals surface area contributed by atoms with Crippen molar-refractivity contribution in [2.24, 2.45) is 5.73 Å². The van der Waals surface area contributed by atoms with Crippen molar-refractivity contribution in [3.8, 4) is 5.75 Å². The van der Waals surface area contributed by atoms with E-state index >= 15 is 0 Å². The molecule has 0 fully saturated rings. The third-order valence-electron chi connectivity index (χ3n) is 1.39. The molecule has 0 aliphatic carbocycles. The number of aromatic nitrogens is 1. The molecular formula is C7H6F3N3O2. The molecule has 0 radical (unpaired) electrons. The highest BCUT2D eigenvalue weighted by Gasteiger charge is 2.32. The molecule has 1 aromatic rings. The Bertz CT molecular complexity index is 392. The first-order chi connectivity index (χ1) is 6.79. The quantitative estimate of drug-likeness (QED) is 0.767. The summed E-state index contributed by atoms with van der Waals surface area (Å²) in [6.07, 6.45) is -3.94. The van der Waals surface area contributed by atoms with Crippen LogP contribution in [0, 0.1) is 0 Å². The van der Waals surface area contributed by atoms with E-state index in [-0.39, 0.29) is 5.56 Å². The maximum absolute atomic E-state index is 11.8. The molecule has 15 heavy (non-hydrogen) atoms. The number of hydrogen-bond donors (Lipinski definition) is 2. The minimum absolute atomic E-state index is 0.219. The van der Waals surface area contributed by atoms with Crippen molar-refractivity contribution < 1.29 is 22.7 Å². The molecule has 1 aromatic heterocycles. The lowest BCUT2D eigenvalue weighted by Crippen LogP contribution is -2.19. The minimum Gasteiger partial charge on any atom is -0.402 e. The van der Waals surface area contributed by atoms with Gasteiger partial charge in [-0.1, -0.05) is 0 Å². The van der Waals surface area contributed by atoms with Gasteiger partial charge < -0.3 is 16.2 Å². The summed E-state index contributed by atoms with van der Waals surface area (Å²) in [5, 5.41) is 0. The Hall–Kier alpha value is -1.99. The van der Waals surface area contributed by atoms with Gasteiger partial charge in [-0.25, -0.2) is 4.98 Å². The molecule has 8 heteroatoms. The van der Waals surface area contributed by atoms with E-state index < -0.39 is 23.8 Å². The van der Waals surface area contributed by atoms with Gasteiger partial charge in [-0.3, -0.25) is 4.79 Å². The lowest BCUT2D eigenvalue weighted by molar-refractivity contribution is -0.274. The number of ether oxygens (including phenoxy) is 1. The molecule has 0 unspecified atom stereocenters. The summed E-state index contributed by atoms with van der Waals surface area (Å²) in [5.74, 6) is -2.15. The zero-order valence-corrected chi connectivity index (χ0v) is 7.21. The van der Waals surface area contributed by atoms with Crippen LogP contribution in [-0.4, -0.2) is 17.3 Å². The number of nitrogens with zero attached hydrogens (tertiary/aromatic N) is 1. The predicted molar refractivity (Wildman–Crippen MR) is 43.9 cm³/mol. The van der Waals surface area contributed by atoms with Gasteiger partial charge in [-0.2, -0.15) is 0 Å². The van der Waals surface area contributed by atoms with E-state index in [1.54, 1.807) is 0 Å². The van der Waals surface area contributed by atoms with Crippen molar-refractivity contribution in [1.82, 2.24) is 4.98 Å². The average molecular weight is 221 g/mol. The van der Waals surface area contributed by atoms with Crippen LogP contribution in [0.25, 0.3) is 0 Å². The molecule has 1 heterocycles. The highest BCUT2D eigenvalue weighted by atomic mass is 19.4. The van der Waals surface area contributed by atoms with Crippen LogP contribution in [0.2, 0.25) is 0 Å². The first-order valence-electron chi connectivity index (χ1n) is 3.60. The Morgan fingerprint density at radius 2 is 2.07 bits per heavy atom. The van der Waals surface area contributed by atoms with Gasteiger partial charge in [0.2, 0.25) is 5.91 Å². The molecule has 0 aromatic carbocycles. The first-order valence-corrected chi connectivity index (χ1v) is 3.60. The second-order valence-electron chi connectivity index (χ2n) is 2.52. The summed E-state index contributed by atoms with van der Waals surface area (Å²) in [4.78, 5) is 14.0. The topological polar surface area (TPSA) is 91.2 Å². The fourth-order valence-corrected chi connectivity index (χ4v) is 0.796. The lowest BCUT2D eigenvalue weighted by Gasteiger charge is -2.10. The highest BCUT2D eigenvalue weighted by molar-refractivity contribution is 5.93. The van der Waals surface area contributed by atoms with Crippen LogP contribution < -0.4 is 16.2 Å². The molecule has 0 atom stereocenters. The van der Waals surface area contributed by atoms with Crippen molar-refractivity contribution >= 4 is 11.7 Å². The summed E-state index contributed by atoms with van der Waals surface area (Å²) in [6.45, 7) is 0. The fraction of sp³-hybridized carbons (Fsp3) is 0.143. The van der Waals surface area contributed by atoms with E-state index in [0.29, 0.717) is 0 Å². The van der Waals surface area contributed by atoms with E-state index in [1.807, 2.05) is 0 Å². The van der Waals surface area contributed by atoms with Crippen molar-refractivity contribution in [1.29, 1.82) is 0 Å². The number of carbonyl (C=O) groups excluding carboxylic acids is 1. The van der Waals surface area contributed by atoms with Crippen molar-refractivity contribution in [3.63, 3.8) is 0 Å². The number of rotatable bonds is 2. The molecule has 0 saturated heterocycles. The molecule has 82 valence electrons. The monoisotopic (exact) mass is 221 g/mol. The first kappa shape index (κ1) is 11.1. The SMILES string of the molecule is NC(=O)c1cnc(N)c(OC(F)(F)F)c1. The molecule has 0 bridgehead atoms. The summed E-state index contributed by atoms with van der Waals surface area (Å²) < 4.78 is 39.0. The molecule has 4 N–H and O–H groups in total. The number of primary amides is 1. The van der Waals surface area contributed by atoms with E-state index in [1.165, 1.54) is 0 Å². The second kappa shape index (κ2) is 3.64. The van der Waals surface area contributed by atoms with E-state index in [2.05, 4.69) is 9.72 Å². The summed E-state index contributed by atoms with van der Waals surface area (Å²) in [7, 11) is 0. The fourth-order valence-electron chi connectivity index (χ4n) is 0.796. The highest BCUT2D eigenvalue weighted by Crippen LogP contribution is 2.27. The van der Waals surface area contributed by atoms with Gasteiger partial charge in [0.05, 0.1) is 5.56 Å². The third-order valence-corrected chi connectivity index (χ3v) is 1.39. The van der Waals surface area contributed by atoms with Gasteiger partial charge in [0.25, 0.3) is 0 Å². The maximum atomic E-state index is 11.8. The Balaban J connectivity index is 3.06. The number of hydrogen-bond acceptors (Lipinski definition) is 4. The van der Waals surface area contributed by atoms with Gasteiger partial charge >= 0.3 is 6.36 Å². The van der Waals surface area contributed by atoms with E-state index in [0.717, 1.165) is 12.3 Å². The van der Waals surface area contributed by atoms with Crippen LogP contribution in [-0.2, 0) is 0 Å². The Morgan fingerprint density at radius 1 is 1.47 bits per heavy atom. The van der Waals surface area contributed by atoms with Crippen LogP contribution >= 0.6 is 0 Å². The Labute approximate surface area is 81.8 Å². The zero-order chi connectivity index (χ0) is 11.6. The van der Waals surface area contributed by atoms with Crippen LogP contribution in [0.3, 0.4) is 0 Å². The standard InChI is InChI=1S/C7H6F3N3O2/c8-7(9,10)15-4-1-3(6(12)14)2-13-5(4)11/h1-2H,(H2,11,13)(H2,12,14). The smallest absolute Gasteiger partial charge is 0.402 e. The molecule has 1 amide bonds. The summed E-state index contributed by atoms with van der Waals surface area (Å²) in [6, 6.07) is 0.776. The number of pyridine rings is 1. The van der Waals surface area contributed by atoms with Crippen molar-refractivity contribution in [2.45, 2.75) is 6.36 Å². The molecule has 1 rings (SSSR count). The zero-order valence-electron chi connectivity index (χ0n) is 7.21. The van der Waals surface area contributed by atoms with Crippen LogP contribution in [0.1, 0.15) is 10.4 Å². The van der Waals surface area contributed by atoms with Gasteiger partial charge in [0.15, 0.2) is 11.6 Å². The maximum Gasteiger partial charge on any atom is 0.573 e. The number of halogens is 3. The normalized spacial score (nSPS) is 11.1. The van der Waals surface area contributed by atoms with Crippen LogP contribution in [0.15, 0.2) is 12.3 Å². The average Bonchev–Trinajstić information content (AvgIpc) is 2.06. The lowest BCUT2D eigenvalue weighted by atomic mass is 10.2. The second-order valence-corrected chi connectivity index (χ2v) is 2.52. The molecule has 0 spiro atoms. The molecule has 0 aliphatic rings. The molecule has 5 nitrogen and oxygen atoms in total. The van der Waals surface area contributed by atoms with Crippen molar-refractivity contribution in [2.75, 3.05) is 5.73 Å². The number of alkyl halides is 3. The minimum atomic E-state index is -4.90. The number of anilines is 1. The Kier molecular flexibility index (Phi) is 2.69. The van der Waals surface area contributed by atoms with Gasteiger partial charge in [-0.15, -0.1) is 13.2 Å². The molecular weight excluding hydrogens is 215 g/mol. The van der Waals surface area contributed by atoms with Crippen LogP contribution in [0.5, 0.6) is 5.75 Å². The summed E-state index contributed by atoms with van der Waals surface area (Å²) >= 11 is 0. The Morgan fingerprint density at radius 3 is 2.53 bits per heavy atom. The predicted octanol–water partition coefficient (Wildman–Crippen LogP) is 0.661. The number of amides is 1. The van der Waals surface area contributed by atoms with Crippen LogP contribution in [0.4, 0.5) is 19.0 Å². The summed E-state index contributed by atoms with van der Waals surface area (Å²) in [5.41, 5.74) is 9.73. The van der Waals surface area contributed by atoms with Gasteiger partial charge in [-0.05, 0) is 6.07 Å². The van der Waals surface area contributed by atoms with E-state index in [4.69, 9.17) is 11.5 Å². The van der Waals surface area contributed by atoms with E-state index in [9.17, 15) is 18.0 Å². The third kappa shape index (κ3) is 3.01. The van der Waals surface area contributed by atoms with Gasteiger partial charge in [0.1, 0.15) is 0 Å². The van der Waals surface area contributed by atoms with Gasteiger partial charge in [0, 0.05) is 6.20 Å². The largest absolute Gasteiger partial charge is 0.573 e. The number of nitrogens with two attached hydrogens (primary N) is 2. The molecule has 0 saturated carbocycles.